The number of fused-ring (bicyclic) bond motifs is 6. The molecule has 9 aromatic carbocycles. The lowest BCUT2D eigenvalue weighted by molar-refractivity contribution is 1.07. The van der Waals surface area contributed by atoms with Crippen molar-refractivity contribution in [1.29, 1.82) is 5.26 Å². The third kappa shape index (κ3) is 5.94. The second-order valence-corrected chi connectivity index (χ2v) is 13.9. The lowest BCUT2D eigenvalue weighted by Gasteiger charge is -2.15. The Morgan fingerprint density at radius 1 is 0.286 bits per heavy atom. The molecule has 0 N–H and O–H groups in total. The van der Waals surface area contributed by atoms with E-state index in [1.807, 2.05) is 42.5 Å². The summed E-state index contributed by atoms with van der Waals surface area (Å²) < 4.78 is 0. The highest BCUT2D eigenvalue weighted by Crippen LogP contribution is 2.39. The topological polar surface area (TPSA) is 62.5 Å². The molecule has 0 radical (unpaired) electrons. The standard InChI is InChI=1S/C52H32N4/c53-33-34-22-24-36(25-23-34)38-16-11-17-40(30-38)50-54-51(41-27-29-47-45-20-8-7-18-43(45)44-19-9-10-21-46(44)48(47)32-41)56-52(55-50)49-31-39(35-12-3-1-4-13-35)26-28-42(49)37-14-5-2-6-15-37/h1-32H. The van der Waals surface area contributed by atoms with Crippen LogP contribution in [0.4, 0.5) is 0 Å². The van der Waals surface area contributed by atoms with Crippen molar-refractivity contribution in [2.24, 2.45) is 0 Å². The van der Waals surface area contributed by atoms with E-state index in [0.29, 0.717) is 23.0 Å². The van der Waals surface area contributed by atoms with Gasteiger partial charge in [0.2, 0.25) is 0 Å². The van der Waals surface area contributed by atoms with Crippen LogP contribution in [0.2, 0.25) is 0 Å². The number of hydrogen-bond acceptors (Lipinski definition) is 4. The van der Waals surface area contributed by atoms with Gasteiger partial charge in [-0.3, -0.25) is 0 Å². The number of hydrogen-bond donors (Lipinski definition) is 0. The van der Waals surface area contributed by atoms with Gasteiger partial charge in [-0.15, -0.1) is 0 Å². The summed E-state index contributed by atoms with van der Waals surface area (Å²) in [5, 5.41) is 16.6. The maximum absolute atomic E-state index is 9.39. The van der Waals surface area contributed by atoms with E-state index in [1.165, 1.54) is 26.9 Å². The number of rotatable bonds is 6. The Kier molecular flexibility index (Phi) is 8.17. The maximum Gasteiger partial charge on any atom is 0.164 e. The van der Waals surface area contributed by atoms with Gasteiger partial charge in [0.05, 0.1) is 11.6 Å². The second-order valence-electron chi connectivity index (χ2n) is 13.9. The largest absolute Gasteiger partial charge is 0.208 e. The Morgan fingerprint density at radius 3 is 1.38 bits per heavy atom. The van der Waals surface area contributed by atoms with Gasteiger partial charge in [0, 0.05) is 16.7 Å². The van der Waals surface area contributed by atoms with Crippen molar-refractivity contribution in [2.45, 2.75) is 0 Å². The zero-order valence-corrected chi connectivity index (χ0v) is 30.3. The molecule has 4 nitrogen and oxygen atoms in total. The highest BCUT2D eigenvalue weighted by atomic mass is 15.0. The Labute approximate surface area is 324 Å². The summed E-state index contributed by atoms with van der Waals surface area (Å²) in [6, 6.07) is 69.3. The summed E-state index contributed by atoms with van der Waals surface area (Å²) in [6.45, 7) is 0. The minimum atomic E-state index is 0.577. The van der Waals surface area contributed by atoms with Crippen LogP contribution in [0.1, 0.15) is 5.56 Å². The van der Waals surface area contributed by atoms with Crippen LogP contribution in [0, 0.1) is 11.3 Å². The van der Waals surface area contributed by atoms with Crippen molar-refractivity contribution < 1.29 is 0 Å². The molecule has 0 amide bonds. The summed E-state index contributed by atoms with van der Waals surface area (Å²) in [6.07, 6.45) is 0. The Balaban J connectivity index is 1.22. The molecule has 0 aliphatic carbocycles. The summed E-state index contributed by atoms with van der Waals surface area (Å²) in [4.78, 5) is 15.8. The SMILES string of the molecule is N#Cc1ccc(-c2cccc(-c3nc(-c4ccc5c6ccccc6c6ccccc6c5c4)nc(-c4cc(-c5ccccc5)ccc4-c4ccccc4)n3)c2)cc1. The molecule has 0 bridgehead atoms. The summed E-state index contributed by atoms with van der Waals surface area (Å²) in [7, 11) is 0. The van der Waals surface area contributed by atoms with Gasteiger partial charge in [0.1, 0.15) is 0 Å². The number of aromatic nitrogens is 3. The van der Waals surface area contributed by atoms with Gasteiger partial charge in [-0.2, -0.15) is 5.26 Å². The van der Waals surface area contributed by atoms with Gasteiger partial charge < -0.3 is 0 Å². The van der Waals surface area contributed by atoms with Crippen LogP contribution in [0.15, 0.2) is 194 Å². The Morgan fingerprint density at radius 2 is 0.732 bits per heavy atom. The summed E-state index contributed by atoms with van der Waals surface area (Å²) in [5.41, 5.74) is 9.66. The molecule has 0 saturated heterocycles. The highest BCUT2D eigenvalue weighted by Gasteiger charge is 2.18. The van der Waals surface area contributed by atoms with Crippen molar-refractivity contribution >= 4 is 32.3 Å². The number of nitriles is 1. The van der Waals surface area contributed by atoms with E-state index in [0.717, 1.165) is 55.5 Å². The van der Waals surface area contributed by atoms with Gasteiger partial charge in [0.25, 0.3) is 0 Å². The van der Waals surface area contributed by atoms with Crippen LogP contribution in [-0.4, -0.2) is 15.0 Å². The quantitative estimate of drug-likeness (QED) is 0.161. The van der Waals surface area contributed by atoms with E-state index in [1.54, 1.807) is 0 Å². The average Bonchev–Trinajstić information content (AvgIpc) is 3.29. The Hall–Kier alpha value is -7.74. The van der Waals surface area contributed by atoms with E-state index in [-0.39, 0.29) is 0 Å². The third-order valence-corrected chi connectivity index (χ3v) is 10.6. The molecule has 0 spiro atoms. The molecular formula is C52H32N4. The van der Waals surface area contributed by atoms with E-state index in [2.05, 4.69) is 158 Å². The first kappa shape index (κ1) is 32.9. The minimum absolute atomic E-state index is 0.577. The third-order valence-electron chi connectivity index (χ3n) is 10.6. The van der Waals surface area contributed by atoms with Crippen LogP contribution < -0.4 is 0 Å². The molecule has 56 heavy (non-hydrogen) atoms. The van der Waals surface area contributed by atoms with Gasteiger partial charge in [-0.1, -0.05) is 164 Å². The van der Waals surface area contributed by atoms with Crippen molar-refractivity contribution in [1.82, 2.24) is 15.0 Å². The van der Waals surface area contributed by atoms with Crippen LogP contribution in [0.5, 0.6) is 0 Å². The van der Waals surface area contributed by atoms with Crippen LogP contribution in [0.3, 0.4) is 0 Å². The molecule has 1 heterocycles. The lowest BCUT2D eigenvalue weighted by atomic mass is 9.93. The molecule has 0 aliphatic heterocycles. The highest BCUT2D eigenvalue weighted by molar-refractivity contribution is 6.25. The monoisotopic (exact) mass is 712 g/mol. The smallest absolute Gasteiger partial charge is 0.164 e. The first-order chi connectivity index (χ1) is 27.7. The zero-order valence-electron chi connectivity index (χ0n) is 30.3. The van der Waals surface area contributed by atoms with E-state index >= 15 is 0 Å². The molecule has 0 aliphatic rings. The molecule has 4 heteroatoms. The van der Waals surface area contributed by atoms with Crippen molar-refractivity contribution in [3.05, 3.63) is 200 Å². The molecule has 1 aromatic heterocycles. The van der Waals surface area contributed by atoms with Crippen LogP contribution >= 0.6 is 0 Å². The summed E-state index contributed by atoms with van der Waals surface area (Å²) >= 11 is 0. The molecule has 0 saturated carbocycles. The van der Waals surface area contributed by atoms with Crippen molar-refractivity contribution in [3.63, 3.8) is 0 Å². The van der Waals surface area contributed by atoms with Gasteiger partial charge in [-0.05, 0) is 96.0 Å². The molecule has 0 atom stereocenters. The van der Waals surface area contributed by atoms with E-state index in [9.17, 15) is 5.26 Å². The van der Waals surface area contributed by atoms with Crippen molar-refractivity contribution in [2.75, 3.05) is 0 Å². The van der Waals surface area contributed by atoms with Gasteiger partial charge in [0.15, 0.2) is 17.5 Å². The first-order valence-electron chi connectivity index (χ1n) is 18.7. The molecular weight excluding hydrogens is 681 g/mol. The fraction of sp³-hybridized carbons (Fsp3) is 0. The lowest BCUT2D eigenvalue weighted by Crippen LogP contribution is -2.01. The fourth-order valence-electron chi connectivity index (χ4n) is 7.79. The second kappa shape index (κ2) is 13.9. The molecule has 10 rings (SSSR count). The normalized spacial score (nSPS) is 11.2. The predicted octanol–water partition coefficient (Wildman–Crippen LogP) is 13.2. The van der Waals surface area contributed by atoms with Gasteiger partial charge >= 0.3 is 0 Å². The molecule has 260 valence electrons. The number of nitrogens with zero attached hydrogens (tertiary/aromatic N) is 4. The van der Waals surface area contributed by atoms with Crippen LogP contribution in [0.25, 0.3) is 99.9 Å². The van der Waals surface area contributed by atoms with Crippen LogP contribution in [-0.2, 0) is 0 Å². The maximum atomic E-state index is 9.39. The first-order valence-corrected chi connectivity index (χ1v) is 18.7. The Bertz CT molecular complexity index is 3090. The van der Waals surface area contributed by atoms with E-state index in [4.69, 9.17) is 15.0 Å². The fourth-order valence-corrected chi connectivity index (χ4v) is 7.79. The minimum Gasteiger partial charge on any atom is -0.208 e. The van der Waals surface area contributed by atoms with Gasteiger partial charge in [-0.25, -0.2) is 15.0 Å². The predicted molar refractivity (Wildman–Crippen MR) is 230 cm³/mol. The zero-order chi connectivity index (χ0) is 37.4. The summed E-state index contributed by atoms with van der Waals surface area (Å²) in [5.74, 6) is 1.76. The van der Waals surface area contributed by atoms with E-state index < -0.39 is 0 Å². The molecule has 0 fully saturated rings. The number of benzene rings is 9. The average molecular weight is 713 g/mol. The molecule has 10 aromatic rings. The molecule has 0 unspecified atom stereocenters. The van der Waals surface area contributed by atoms with Crippen molar-refractivity contribution in [3.8, 4) is 73.6 Å².